The molecule has 19 heavy (non-hydrogen) atoms. The molecule has 0 aromatic heterocycles. The Morgan fingerprint density at radius 1 is 1.37 bits per heavy atom. The maximum absolute atomic E-state index is 12.7. The average Bonchev–Trinajstić information content (AvgIpc) is 3.11. The fraction of sp³-hybridized carbons (Fsp3) is 0.846. The Hall–Kier alpha value is -0.910. The van der Waals surface area contributed by atoms with Gasteiger partial charge in [-0.05, 0) is 31.6 Å². The average molecular weight is 284 g/mol. The van der Waals surface area contributed by atoms with Crippen LogP contribution in [0.2, 0.25) is 0 Å². The number of likely N-dealkylation sites (tertiary alicyclic amines) is 1. The lowest BCUT2D eigenvalue weighted by Crippen LogP contribution is -2.53. The highest BCUT2D eigenvalue weighted by molar-refractivity contribution is 8.00. The lowest BCUT2D eigenvalue weighted by atomic mass is 10.1. The van der Waals surface area contributed by atoms with E-state index in [9.17, 15) is 14.7 Å². The number of aliphatic carboxylic acids is 1. The van der Waals surface area contributed by atoms with Gasteiger partial charge >= 0.3 is 12.0 Å². The molecule has 1 aliphatic carbocycles. The van der Waals surface area contributed by atoms with E-state index in [4.69, 9.17) is 0 Å². The topological polar surface area (TPSA) is 60.9 Å². The largest absolute Gasteiger partial charge is 0.480 e. The molecule has 0 spiro atoms. The Kier molecular flexibility index (Phi) is 3.37. The minimum absolute atomic E-state index is 0.0210. The molecule has 1 saturated carbocycles. The summed E-state index contributed by atoms with van der Waals surface area (Å²) in [6.45, 7) is 2.84. The fourth-order valence-corrected chi connectivity index (χ4v) is 4.97. The van der Waals surface area contributed by atoms with Crippen molar-refractivity contribution in [3.8, 4) is 0 Å². The highest BCUT2D eigenvalue weighted by Gasteiger charge is 2.47. The second-order valence-electron chi connectivity index (χ2n) is 5.73. The molecule has 4 atom stereocenters. The first-order valence-electron chi connectivity index (χ1n) is 7.05. The van der Waals surface area contributed by atoms with E-state index < -0.39 is 12.0 Å². The lowest BCUT2D eigenvalue weighted by molar-refractivity contribution is -0.141. The molecular formula is C13H20N2O3S. The Bertz CT molecular complexity index is 403. The molecule has 3 rings (SSSR count). The number of thioether (sulfide) groups is 1. The van der Waals surface area contributed by atoms with Crippen LogP contribution in [-0.2, 0) is 4.79 Å². The first kappa shape index (κ1) is 13.1. The van der Waals surface area contributed by atoms with Crippen LogP contribution in [0.4, 0.5) is 4.79 Å². The van der Waals surface area contributed by atoms with Crippen LogP contribution in [0.15, 0.2) is 0 Å². The minimum Gasteiger partial charge on any atom is -0.480 e. The van der Waals surface area contributed by atoms with Crippen molar-refractivity contribution in [3.05, 3.63) is 0 Å². The van der Waals surface area contributed by atoms with Crippen LogP contribution in [0.3, 0.4) is 0 Å². The van der Waals surface area contributed by atoms with Gasteiger partial charge in [0.25, 0.3) is 0 Å². The summed E-state index contributed by atoms with van der Waals surface area (Å²) in [6, 6.07) is -0.340. The summed E-state index contributed by atoms with van der Waals surface area (Å²) in [5, 5.41) is 9.32. The molecule has 2 aliphatic heterocycles. The van der Waals surface area contributed by atoms with Crippen molar-refractivity contribution in [3.63, 3.8) is 0 Å². The number of amides is 2. The van der Waals surface area contributed by atoms with E-state index in [2.05, 4.69) is 0 Å². The van der Waals surface area contributed by atoms with E-state index in [1.165, 1.54) is 6.42 Å². The Morgan fingerprint density at radius 3 is 2.68 bits per heavy atom. The van der Waals surface area contributed by atoms with E-state index in [1.807, 2.05) is 11.8 Å². The van der Waals surface area contributed by atoms with Crippen molar-refractivity contribution >= 4 is 23.8 Å². The number of fused-ring (bicyclic) bond motifs is 2. The van der Waals surface area contributed by atoms with Gasteiger partial charge in [0.15, 0.2) is 0 Å². The van der Waals surface area contributed by atoms with E-state index in [-0.39, 0.29) is 11.4 Å². The molecule has 3 fully saturated rings. The van der Waals surface area contributed by atoms with Crippen molar-refractivity contribution < 1.29 is 14.7 Å². The number of carbonyl (C=O) groups is 2. The molecule has 4 unspecified atom stereocenters. The van der Waals surface area contributed by atoms with E-state index in [0.717, 1.165) is 25.8 Å². The van der Waals surface area contributed by atoms with Gasteiger partial charge in [-0.3, -0.25) is 4.90 Å². The monoisotopic (exact) mass is 284 g/mol. The Morgan fingerprint density at radius 2 is 2.16 bits per heavy atom. The maximum atomic E-state index is 12.7. The van der Waals surface area contributed by atoms with E-state index >= 15 is 0 Å². The number of piperidine rings is 1. The maximum Gasteiger partial charge on any atom is 0.327 e. The van der Waals surface area contributed by atoms with Crippen LogP contribution in [0.25, 0.3) is 0 Å². The second-order valence-corrected chi connectivity index (χ2v) is 6.94. The smallest absolute Gasteiger partial charge is 0.327 e. The van der Waals surface area contributed by atoms with Gasteiger partial charge in [-0.15, -0.1) is 11.8 Å². The van der Waals surface area contributed by atoms with Crippen LogP contribution in [-0.4, -0.2) is 56.7 Å². The lowest BCUT2D eigenvalue weighted by Gasteiger charge is -2.35. The molecule has 2 heterocycles. The molecule has 106 valence electrons. The highest BCUT2D eigenvalue weighted by Crippen LogP contribution is 2.40. The van der Waals surface area contributed by atoms with Gasteiger partial charge in [0.2, 0.25) is 0 Å². The summed E-state index contributed by atoms with van der Waals surface area (Å²) < 4.78 is 0. The van der Waals surface area contributed by atoms with Crippen LogP contribution < -0.4 is 0 Å². The number of carboxylic acid groups (broad SMARTS) is 1. The number of carbonyl (C=O) groups excluding carboxylic acids is 1. The summed E-state index contributed by atoms with van der Waals surface area (Å²) >= 11 is 1.59. The van der Waals surface area contributed by atoms with Gasteiger partial charge in [-0.1, -0.05) is 6.92 Å². The van der Waals surface area contributed by atoms with Crippen molar-refractivity contribution in [1.29, 1.82) is 0 Å². The van der Waals surface area contributed by atoms with Crippen molar-refractivity contribution in [2.24, 2.45) is 5.92 Å². The molecule has 6 heteroatoms. The number of hydrogen-bond acceptors (Lipinski definition) is 3. The number of hydrogen-bond donors (Lipinski definition) is 1. The van der Waals surface area contributed by atoms with Crippen molar-refractivity contribution in [2.75, 3.05) is 12.3 Å². The van der Waals surface area contributed by atoms with Crippen LogP contribution >= 0.6 is 11.8 Å². The molecule has 2 bridgehead atoms. The SMILES string of the molecule is CCC1SCC(C(=O)O)N1C(=O)N1CC2CCC1C2. The number of nitrogens with zero attached hydrogens (tertiary/aromatic N) is 2. The molecule has 1 N–H and O–H groups in total. The third-order valence-corrected chi connectivity index (χ3v) is 6.06. The summed E-state index contributed by atoms with van der Waals surface area (Å²) in [4.78, 5) is 27.6. The summed E-state index contributed by atoms with van der Waals surface area (Å²) in [5.41, 5.74) is 0. The van der Waals surface area contributed by atoms with Gasteiger partial charge in [-0.2, -0.15) is 0 Å². The normalized spacial score (nSPS) is 37.1. The Labute approximate surface area is 117 Å². The number of rotatable bonds is 2. The first-order valence-corrected chi connectivity index (χ1v) is 8.10. The van der Waals surface area contributed by atoms with Crippen LogP contribution in [0.1, 0.15) is 32.6 Å². The summed E-state index contributed by atoms with van der Waals surface area (Å²) in [6.07, 6.45) is 4.23. The third kappa shape index (κ3) is 2.10. The number of urea groups is 1. The third-order valence-electron chi connectivity index (χ3n) is 4.60. The van der Waals surface area contributed by atoms with Crippen molar-refractivity contribution in [1.82, 2.24) is 9.80 Å². The minimum atomic E-state index is -0.874. The molecule has 3 aliphatic rings. The van der Waals surface area contributed by atoms with Crippen LogP contribution in [0.5, 0.6) is 0 Å². The number of carboxylic acids is 1. The van der Waals surface area contributed by atoms with Gasteiger partial charge < -0.3 is 10.0 Å². The predicted octanol–water partition coefficient (Wildman–Crippen LogP) is 1.83. The predicted molar refractivity (Wildman–Crippen MR) is 73.0 cm³/mol. The second kappa shape index (κ2) is 4.89. The Balaban J connectivity index is 1.78. The summed E-state index contributed by atoms with van der Waals surface area (Å²) in [7, 11) is 0. The van der Waals surface area contributed by atoms with Gasteiger partial charge in [0, 0.05) is 18.3 Å². The highest BCUT2D eigenvalue weighted by atomic mass is 32.2. The molecule has 0 aromatic rings. The first-order chi connectivity index (χ1) is 9.11. The standard InChI is InChI=1S/C13H20N2O3S/c1-2-11-15(10(7-19-11)12(16)17)13(18)14-6-8-3-4-9(14)5-8/h8-11H,2-7H2,1H3,(H,16,17). The van der Waals surface area contributed by atoms with Gasteiger partial charge in [0.1, 0.15) is 6.04 Å². The van der Waals surface area contributed by atoms with Gasteiger partial charge in [-0.25, -0.2) is 9.59 Å². The zero-order chi connectivity index (χ0) is 13.6. The molecular weight excluding hydrogens is 264 g/mol. The fourth-order valence-electron chi connectivity index (χ4n) is 3.63. The molecule has 5 nitrogen and oxygen atoms in total. The van der Waals surface area contributed by atoms with E-state index in [0.29, 0.717) is 17.7 Å². The summed E-state index contributed by atoms with van der Waals surface area (Å²) in [5.74, 6) is 0.287. The zero-order valence-electron chi connectivity index (χ0n) is 11.1. The van der Waals surface area contributed by atoms with Crippen LogP contribution in [0, 0.1) is 5.92 Å². The molecule has 0 aromatic carbocycles. The molecule has 2 saturated heterocycles. The molecule has 0 radical (unpaired) electrons. The zero-order valence-corrected chi connectivity index (χ0v) is 11.9. The quantitative estimate of drug-likeness (QED) is 0.840. The van der Waals surface area contributed by atoms with Gasteiger partial charge in [0.05, 0.1) is 5.37 Å². The van der Waals surface area contributed by atoms with E-state index in [1.54, 1.807) is 16.7 Å². The van der Waals surface area contributed by atoms with Crippen molar-refractivity contribution in [2.45, 2.75) is 50.1 Å². The molecule has 2 amide bonds.